The third-order valence-electron chi connectivity index (χ3n) is 6.82. The highest BCUT2D eigenvalue weighted by Crippen LogP contribution is 2.37. The van der Waals surface area contributed by atoms with E-state index in [-0.39, 0.29) is 24.1 Å². The van der Waals surface area contributed by atoms with Crippen molar-refractivity contribution in [2.24, 2.45) is 5.73 Å². The van der Waals surface area contributed by atoms with Crippen LogP contribution in [0.4, 0.5) is 18.0 Å². The van der Waals surface area contributed by atoms with E-state index in [1.165, 1.54) is 18.4 Å². The number of nitrogens with zero attached hydrogens (tertiary/aromatic N) is 3. The molecule has 7 nitrogen and oxygen atoms in total. The Labute approximate surface area is 219 Å². The van der Waals surface area contributed by atoms with Gasteiger partial charge in [-0.3, -0.25) is 4.79 Å². The number of alkyl halides is 3. The van der Waals surface area contributed by atoms with Crippen LogP contribution in [0.1, 0.15) is 66.6 Å². The van der Waals surface area contributed by atoms with Crippen molar-refractivity contribution in [2.75, 3.05) is 13.1 Å². The lowest BCUT2D eigenvalue weighted by atomic mass is 9.87. The molecular formula is C28H31F3N4O3. The summed E-state index contributed by atoms with van der Waals surface area (Å²) in [5.74, 6) is -0.284. The summed E-state index contributed by atoms with van der Waals surface area (Å²) < 4.78 is 45.5. The molecule has 38 heavy (non-hydrogen) atoms. The van der Waals surface area contributed by atoms with Gasteiger partial charge < -0.3 is 20.0 Å². The van der Waals surface area contributed by atoms with Crippen molar-refractivity contribution in [1.82, 2.24) is 14.8 Å². The van der Waals surface area contributed by atoms with Gasteiger partial charge in [-0.05, 0) is 67.6 Å². The van der Waals surface area contributed by atoms with Crippen LogP contribution in [0.3, 0.4) is 0 Å². The highest BCUT2D eigenvalue weighted by molar-refractivity contribution is 5.96. The van der Waals surface area contributed by atoms with Gasteiger partial charge in [-0.15, -0.1) is 0 Å². The standard InChI is InChI=1S/C28H31F3N4O3/c1-17(25-33-11-13-38-25)15-35(27(2,3)4)26(37)34-12-10-21-20(8-9-22(24(32)36)23(21)16-34)18-6-5-7-19(14-18)28(29,30)31/h5-9,11,13-14,17H,10,12,15-16H2,1-4H3,(H2,32,36). The van der Waals surface area contributed by atoms with Gasteiger partial charge in [0, 0.05) is 30.7 Å². The van der Waals surface area contributed by atoms with Gasteiger partial charge >= 0.3 is 12.2 Å². The average Bonchev–Trinajstić information content (AvgIpc) is 3.40. The third kappa shape index (κ3) is 5.54. The number of amides is 3. The molecule has 4 rings (SSSR count). The minimum atomic E-state index is -4.48. The van der Waals surface area contributed by atoms with Gasteiger partial charge in [0.1, 0.15) is 6.26 Å². The zero-order valence-electron chi connectivity index (χ0n) is 21.8. The van der Waals surface area contributed by atoms with E-state index in [0.717, 1.165) is 17.7 Å². The molecule has 1 unspecified atom stereocenters. The first-order valence-corrected chi connectivity index (χ1v) is 12.4. The van der Waals surface area contributed by atoms with Crippen molar-refractivity contribution in [3.63, 3.8) is 0 Å². The van der Waals surface area contributed by atoms with E-state index in [1.54, 1.807) is 28.1 Å². The number of carbonyl (C=O) groups excluding carboxylic acids is 2. The molecule has 1 aliphatic rings. The quantitative estimate of drug-likeness (QED) is 0.450. The molecule has 0 fully saturated rings. The predicted molar refractivity (Wildman–Crippen MR) is 136 cm³/mol. The van der Waals surface area contributed by atoms with Gasteiger partial charge in [0.25, 0.3) is 0 Å². The second kappa shape index (κ2) is 10.2. The van der Waals surface area contributed by atoms with Crippen molar-refractivity contribution in [1.29, 1.82) is 0 Å². The average molecular weight is 529 g/mol. The Morgan fingerprint density at radius 2 is 1.89 bits per heavy atom. The molecule has 0 spiro atoms. The Balaban J connectivity index is 1.68. The zero-order valence-corrected chi connectivity index (χ0v) is 21.8. The summed E-state index contributed by atoms with van der Waals surface area (Å²) in [7, 11) is 0. The molecule has 3 aromatic rings. The van der Waals surface area contributed by atoms with E-state index in [2.05, 4.69) is 4.98 Å². The second-order valence-corrected chi connectivity index (χ2v) is 10.6. The zero-order chi connectivity index (χ0) is 27.8. The van der Waals surface area contributed by atoms with E-state index >= 15 is 0 Å². The van der Waals surface area contributed by atoms with Crippen LogP contribution in [-0.2, 0) is 19.1 Å². The SMILES string of the molecule is CC(CN(C(=O)N1CCc2c(-c3cccc(C(F)(F)F)c3)ccc(C(N)=O)c2C1)C(C)(C)C)c1ncco1. The molecule has 2 heterocycles. The molecule has 2 aromatic carbocycles. The molecule has 0 aliphatic carbocycles. The molecule has 2 N–H and O–H groups in total. The van der Waals surface area contributed by atoms with Gasteiger partial charge in [-0.2, -0.15) is 13.2 Å². The summed E-state index contributed by atoms with van der Waals surface area (Å²) in [6.07, 6.45) is -1.07. The number of hydrogen-bond donors (Lipinski definition) is 1. The lowest BCUT2D eigenvalue weighted by molar-refractivity contribution is -0.137. The van der Waals surface area contributed by atoms with Crippen molar-refractivity contribution >= 4 is 11.9 Å². The first-order valence-electron chi connectivity index (χ1n) is 12.4. The number of nitrogens with two attached hydrogens (primary N) is 1. The Morgan fingerprint density at radius 3 is 2.50 bits per heavy atom. The van der Waals surface area contributed by atoms with Crippen LogP contribution in [0, 0.1) is 0 Å². The van der Waals surface area contributed by atoms with Gasteiger partial charge in [-0.1, -0.05) is 25.1 Å². The van der Waals surface area contributed by atoms with Gasteiger partial charge in [-0.25, -0.2) is 9.78 Å². The molecular weight excluding hydrogens is 497 g/mol. The summed E-state index contributed by atoms with van der Waals surface area (Å²) in [6.45, 7) is 8.54. The molecule has 0 bridgehead atoms. The molecule has 1 aromatic heterocycles. The van der Waals surface area contributed by atoms with Crippen LogP contribution < -0.4 is 5.73 Å². The Hall–Kier alpha value is -3.82. The number of hydrogen-bond acceptors (Lipinski definition) is 4. The lowest BCUT2D eigenvalue weighted by Gasteiger charge is -2.42. The molecule has 3 amide bonds. The van der Waals surface area contributed by atoms with Crippen LogP contribution in [0.15, 0.2) is 53.3 Å². The maximum absolute atomic E-state index is 13.8. The number of halogens is 3. The Kier molecular flexibility index (Phi) is 7.27. The molecule has 0 saturated carbocycles. The molecule has 1 atom stereocenters. The minimum absolute atomic E-state index is 0.110. The van der Waals surface area contributed by atoms with Crippen LogP contribution >= 0.6 is 0 Å². The number of oxazole rings is 1. The minimum Gasteiger partial charge on any atom is -0.449 e. The fourth-order valence-corrected chi connectivity index (χ4v) is 4.84. The summed E-state index contributed by atoms with van der Waals surface area (Å²) in [5.41, 5.74) is 6.90. The smallest absolute Gasteiger partial charge is 0.416 e. The normalized spacial score (nSPS) is 14.7. The number of carbonyl (C=O) groups is 2. The number of aromatic nitrogens is 1. The molecule has 0 saturated heterocycles. The number of fused-ring (bicyclic) bond motifs is 1. The van der Waals surface area contributed by atoms with Crippen molar-refractivity contribution in [3.8, 4) is 11.1 Å². The molecule has 202 valence electrons. The lowest BCUT2D eigenvalue weighted by Crippen LogP contribution is -2.54. The molecule has 10 heteroatoms. The first kappa shape index (κ1) is 27.2. The Bertz CT molecular complexity index is 1330. The monoisotopic (exact) mass is 528 g/mol. The summed E-state index contributed by atoms with van der Waals surface area (Å²) in [4.78, 5) is 33.7. The highest BCUT2D eigenvalue weighted by Gasteiger charge is 2.35. The summed E-state index contributed by atoms with van der Waals surface area (Å²) >= 11 is 0. The highest BCUT2D eigenvalue weighted by atomic mass is 19.4. The van der Waals surface area contributed by atoms with Crippen LogP contribution in [-0.4, -0.2) is 45.4 Å². The fraction of sp³-hybridized carbons (Fsp3) is 0.393. The van der Waals surface area contributed by atoms with Crippen molar-refractivity contribution in [3.05, 3.63) is 77.0 Å². The van der Waals surface area contributed by atoms with Gasteiger partial charge in [0.2, 0.25) is 5.91 Å². The second-order valence-electron chi connectivity index (χ2n) is 10.6. The van der Waals surface area contributed by atoms with E-state index in [9.17, 15) is 22.8 Å². The molecule has 0 radical (unpaired) electrons. The van der Waals surface area contributed by atoms with Gasteiger partial charge in [0.15, 0.2) is 5.89 Å². The number of primary amides is 1. The summed E-state index contributed by atoms with van der Waals surface area (Å²) in [5, 5.41) is 0. The van der Waals surface area contributed by atoms with E-state index < -0.39 is 23.2 Å². The number of urea groups is 1. The largest absolute Gasteiger partial charge is 0.449 e. The Morgan fingerprint density at radius 1 is 1.16 bits per heavy atom. The van der Waals surface area contributed by atoms with E-state index in [1.807, 2.05) is 27.7 Å². The van der Waals surface area contributed by atoms with Crippen LogP contribution in [0.25, 0.3) is 11.1 Å². The predicted octanol–water partition coefficient (Wildman–Crippen LogP) is 5.84. The maximum atomic E-state index is 13.8. The van der Waals surface area contributed by atoms with Gasteiger partial charge in [0.05, 0.1) is 17.7 Å². The number of rotatable bonds is 5. The van der Waals surface area contributed by atoms with Crippen LogP contribution in [0.5, 0.6) is 0 Å². The summed E-state index contributed by atoms with van der Waals surface area (Å²) in [6, 6.07) is 8.03. The maximum Gasteiger partial charge on any atom is 0.416 e. The van der Waals surface area contributed by atoms with Crippen molar-refractivity contribution in [2.45, 2.75) is 58.3 Å². The topological polar surface area (TPSA) is 92.7 Å². The molecule has 1 aliphatic heterocycles. The van der Waals surface area contributed by atoms with E-state index in [4.69, 9.17) is 10.2 Å². The fourth-order valence-electron chi connectivity index (χ4n) is 4.84. The van der Waals surface area contributed by atoms with E-state index in [0.29, 0.717) is 42.1 Å². The first-order chi connectivity index (χ1) is 17.8. The van der Waals surface area contributed by atoms with Crippen molar-refractivity contribution < 1.29 is 27.2 Å². The third-order valence-corrected chi connectivity index (χ3v) is 6.82. The number of benzene rings is 2. The van der Waals surface area contributed by atoms with Crippen LogP contribution in [0.2, 0.25) is 0 Å².